The number of pyridine rings is 1. The first kappa shape index (κ1) is 16.1. The fourth-order valence-electron chi connectivity index (χ4n) is 2.28. The molecule has 0 aliphatic carbocycles. The first-order chi connectivity index (χ1) is 10.7. The Labute approximate surface area is 131 Å². The van der Waals surface area contributed by atoms with Gasteiger partial charge in [0.1, 0.15) is 0 Å². The predicted molar refractivity (Wildman–Crippen MR) is 85.6 cm³/mol. The first-order valence-electron chi connectivity index (χ1n) is 7.11. The van der Waals surface area contributed by atoms with Crippen molar-refractivity contribution in [3.05, 3.63) is 47.8 Å². The van der Waals surface area contributed by atoms with Crippen LogP contribution in [-0.2, 0) is 6.54 Å². The summed E-state index contributed by atoms with van der Waals surface area (Å²) < 4.78 is 16.1. The van der Waals surface area contributed by atoms with Crippen LogP contribution < -0.4 is 19.5 Å². The van der Waals surface area contributed by atoms with Crippen LogP contribution in [0.5, 0.6) is 17.2 Å². The van der Waals surface area contributed by atoms with Gasteiger partial charge < -0.3 is 19.5 Å². The van der Waals surface area contributed by atoms with E-state index in [0.717, 1.165) is 5.56 Å². The summed E-state index contributed by atoms with van der Waals surface area (Å²) in [6.45, 7) is 2.81. The van der Waals surface area contributed by atoms with Crippen molar-refractivity contribution in [1.29, 1.82) is 0 Å². The van der Waals surface area contributed by atoms with Gasteiger partial charge in [-0.1, -0.05) is 0 Å². The molecule has 0 radical (unpaired) electrons. The minimum absolute atomic E-state index is 0.224. The van der Waals surface area contributed by atoms with Crippen LogP contribution >= 0.6 is 0 Å². The van der Waals surface area contributed by atoms with Crippen LogP contribution in [0.25, 0.3) is 0 Å². The minimum atomic E-state index is 0.224. The maximum atomic E-state index is 5.37. The third kappa shape index (κ3) is 3.68. The van der Waals surface area contributed by atoms with Crippen molar-refractivity contribution in [2.75, 3.05) is 21.3 Å². The van der Waals surface area contributed by atoms with Crippen molar-refractivity contribution in [2.45, 2.75) is 19.5 Å². The maximum Gasteiger partial charge on any atom is 0.203 e. The van der Waals surface area contributed by atoms with Crippen LogP contribution in [0, 0.1) is 0 Å². The molecule has 0 spiro atoms. The van der Waals surface area contributed by atoms with Gasteiger partial charge in [-0.25, -0.2) is 0 Å². The lowest BCUT2D eigenvalue weighted by Gasteiger charge is -2.17. The van der Waals surface area contributed by atoms with Gasteiger partial charge >= 0.3 is 0 Å². The highest BCUT2D eigenvalue weighted by Gasteiger charge is 2.13. The maximum absolute atomic E-state index is 5.37. The Kier molecular flexibility index (Phi) is 5.61. The van der Waals surface area contributed by atoms with E-state index in [1.54, 1.807) is 33.7 Å². The van der Waals surface area contributed by atoms with E-state index < -0.39 is 0 Å². The minimum Gasteiger partial charge on any atom is -0.493 e. The molecule has 0 bridgehead atoms. The van der Waals surface area contributed by atoms with Crippen molar-refractivity contribution in [3.8, 4) is 17.2 Å². The van der Waals surface area contributed by atoms with Crippen LogP contribution in [-0.4, -0.2) is 26.3 Å². The van der Waals surface area contributed by atoms with Crippen molar-refractivity contribution < 1.29 is 14.2 Å². The summed E-state index contributed by atoms with van der Waals surface area (Å²) in [5.74, 6) is 1.93. The lowest BCUT2D eigenvalue weighted by molar-refractivity contribution is 0.323. The van der Waals surface area contributed by atoms with Crippen LogP contribution in [0.15, 0.2) is 36.7 Å². The zero-order valence-corrected chi connectivity index (χ0v) is 13.4. The number of benzene rings is 1. The lowest BCUT2D eigenvalue weighted by Crippen LogP contribution is -2.18. The van der Waals surface area contributed by atoms with Crippen LogP contribution in [0.4, 0.5) is 0 Å². The second kappa shape index (κ2) is 7.66. The smallest absolute Gasteiger partial charge is 0.203 e. The summed E-state index contributed by atoms with van der Waals surface area (Å²) in [6.07, 6.45) is 3.60. The number of methoxy groups -OCH3 is 3. The van der Waals surface area contributed by atoms with Gasteiger partial charge in [-0.2, -0.15) is 0 Å². The molecule has 0 saturated heterocycles. The Morgan fingerprint density at radius 2 is 1.59 bits per heavy atom. The number of hydrogen-bond acceptors (Lipinski definition) is 5. The molecular weight excluding hydrogens is 280 g/mol. The van der Waals surface area contributed by atoms with Crippen LogP contribution in [0.1, 0.15) is 24.1 Å². The van der Waals surface area contributed by atoms with E-state index in [1.807, 2.05) is 24.3 Å². The summed E-state index contributed by atoms with van der Waals surface area (Å²) >= 11 is 0. The number of aromatic nitrogens is 1. The zero-order valence-electron chi connectivity index (χ0n) is 13.4. The Bertz CT molecular complexity index is 577. The van der Waals surface area contributed by atoms with Gasteiger partial charge in [0.05, 0.1) is 21.3 Å². The van der Waals surface area contributed by atoms with Crippen LogP contribution in [0.2, 0.25) is 0 Å². The average Bonchev–Trinajstić information content (AvgIpc) is 2.59. The molecule has 0 unspecified atom stereocenters. The molecule has 0 saturated carbocycles. The topological polar surface area (TPSA) is 52.6 Å². The summed E-state index contributed by atoms with van der Waals surface area (Å²) in [7, 11) is 4.84. The number of ether oxygens (including phenoxy) is 3. The molecule has 0 amide bonds. The molecule has 5 heteroatoms. The van der Waals surface area contributed by atoms with E-state index in [0.29, 0.717) is 23.8 Å². The molecule has 1 aromatic carbocycles. The molecule has 1 N–H and O–H groups in total. The highest BCUT2D eigenvalue weighted by atomic mass is 16.5. The third-order valence-electron chi connectivity index (χ3n) is 3.54. The molecule has 2 aromatic rings. The second-order valence-corrected chi connectivity index (χ2v) is 4.92. The second-order valence-electron chi connectivity index (χ2n) is 4.92. The molecular formula is C17H22N2O3. The molecule has 1 heterocycles. The van der Waals surface area contributed by atoms with Gasteiger partial charge in [0.2, 0.25) is 5.75 Å². The molecule has 118 valence electrons. The number of nitrogens with one attached hydrogen (secondary N) is 1. The van der Waals surface area contributed by atoms with E-state index in [9.17, 15) is 0 Å². The third-order valence-corrected chi connectivity index (χ3v) is 3.54. The fourth-order valence-corrected chi connectivity index (χ4v) is 2.28. The summed E-state index contributed by atoms with van der Waals surface area (Å²) in [5.41, 5.74) is 2.26. The number of rotatable bonds is 7. The van der Waals surface area contributed by atoms with E-state index >= 15 is 0 Å². The molecule has 5 nitrogen and oxygen atoms in total. The lowest BCUT2D eigenvalue weighted by atomic mass is 10.1. The molecule has 0 aliphatic rings. The van der Waals surface area contributed by atoms with E-state index in [4.69, 9.17) is 14.2 Å². The van der Waals surface area contributed by atoms with Gasteiger partial charge in [0.25, 0.3) is 0 Å². The molecule has 22 heavy (non-hydrogen) atoms. The fraction of sp³-hybridized carbons (Fsp3) is 0.353. The average molecular weight is 302 g/mol. The molecule has 1 atom stereocenters. The van der Waals surface area contributed by atoms with E-state index in [2.05, 4.69) is 17.2 Å². The Hall–Kier alpha value is -2.27. The summed E-state index contributed by atoms with van der Waals surface area (Å²) in [5, 5.41) is 3.48. The molecule has 0 fully saturated rings. The molecule has 1 aromatic heterocycles. The van der Waals surface area contributed by atoms with Crippen molar-refractivity contribution in [2.24, 2.45) is 0 Å². The summed E-state index contributed by atoms with van der Waals surface area (Å²) in [4.78, 5) is 4.04. The van der Waals surface area contributed by atoms with Gasteiger partial charge in [0.15, 0.2) is 11.5 Å². The van der Waals surface area contributed by atoms with E-state index in [-0.39, 0.29) is 6.04 Å². The Morgan fingerprint density at radius 1 is 1.00 bits per heavy atom. The van der Waals surface area contributed by atoms with Crippen molar-refractivity contribution in [3.63, 3.8) is 0 Å². The SMILES string of the molecule is COc1cc(CN[C@H](C)c2ccncc2)cc(OC)c1OC. The van der Waals surface area contributed by atoms with E-state index in [1.165, 1.54) is 5.56 Å². The standard InChI is InChI=1S/C17H22N2O3/c1-12(14-5-7-18-8-6-14)19-11-13-9-15(20-2)17(22-4)16(10-13)21-3/h5-10,12,19H,11H2,1-4H3/t12-/m1/s1. The van der Waals surface area contributed by atoms with Gasteiger partial charge in [-0.3, -0.25) is 4.98 Å². The zero-order chi connectivity index (χ0) is 15.9. The Balaban J connectivity index is 2.13. The molecule has 0 aliphatic heterocycles. The molecule has 2 rings (SSSR count). The predicted octanol–water partition coefficient (Wildman–Crippen LogP) is 2.96. The Morgan fingerprint density at radius 3 is 2.09 bits per heavy atom. The summed E-state index contributed by atoms with van der Waals surface area (Å²) in [6, 6.07) is 8.14. The van der Waals surface area contributed by atoms with Crippen molar-refractivity contribution >= 4 is 0 Å². The number of hydrogen-bond donors (Lipinski definition) is 1. The highest BCUT2D eigenvalue weighted by Crippen LogP contribution is 2.38. The van der Waals surface area contributed by atoms with Gasteiger partial charge in [0, 0.05) is 25.0 Å². The van der Waals surface area contributed by atoms with Gasteiger partial charge in [-0.15, -0.1) is 0 Å². The highest BCUT2D eigenvalue weighted by molar-refractivity contribution is 5.53. The largest absolute Gasteiger partial charge is 0.493 e. The van der Waals surface area contributed by atoms with Crippen molar-refractivity contribution in [1.82, 2.24) is 10.3 Å². The normalized spacial score (nSPS) is 11.8. The quantitative estimate of drug-likeness (QED) is 0.852. The first-order valence-corrected chi connectivity index (χ1v) is 7.11. The van der Waals surface area contributed by atoms with Gasteiger partial charge in [-0.05, 0) is 42.3 Å². The number of nitrogens with zero attached hydrogens (tertiary/aromatic N) is 1. The monoisotopic (exact) mass is 302 g/mol. The van der Waals surface area contributed by atoms with Crippen LogP contribution in [0.3, 0.4) is 0 Å².